The fraction of sp³-hybridized carbons (Fsp3) is 0.600. The highest BCUT2D eigenvalue weighted by molar-refractivity contribution is 6.03. The molecule has 0 aromatic rings. The first-order valence-corrected chi connectivity index (χ1v) is 2.78. The van der Waals surface area contributed by atoms with Crippen molar-refractivity contribution in [3.8, 4) is 0 Å². The molecule has 0 spiro atoms. The van der Waals surface area contributed by atoms with E-state index in [0.29, 0.717) is 0 Å². The Hall–Kier alpha value is -0.610. The van der Waals surface area contributed by atoms with E-state index in [2.05, 4.69) is 5.32 Å². The molecule has 1 aliphatic rings. The maximum atomic E-state index is 10.6. The molecule has 10 heavy (non-hydrogen) atoms. The van der Waals surface area contributed by atoms with Gasteiger partial charge in [0.1, 0.15) is 0 Å². The maximum Gasteiger partial charge on any atom is 0.231 e. The van der Waals surface area contributed by atoms with Crippen LogP contribution in [0, 0.1) is 5.92 Å². The Kier molecular flexibility index (Phi) is 3.32. The van der Waals surface area contributed by atoms with E-state index in [1.165, 1.54) is 0 Å². The standard InChI is InChI=1S/C5H8N2O2.ClH/c6-2-3-1-4(8)7-5(3)9;/h3H,1-2,6H2,(H,7,8,9);1H. The normalized spacial score (nSPS) is 23.9. The van der Waals surface area contributed by atoms with Crippen molar-refractivity contribution in [1.82, 2.24) is 5.32 Å². The number of nitrogens with one attached hydrogen (secondary N) is 1. The van der Waals surface area contributed by atoms with Crippen molar-refractivity contribution < 1.29 is 9.59 Å². The van der Waals surface area contributed by atoms with Gasteiger partial charge in [0.05, 0.1) is 5.92 Å². The van der Waals surface area contributed by atoms with Gasteiger partial charge in [0.2, 0.25) is 11.8 Å². The van der Waals surface area contributed by atoms with Crippen LogP contribution in [-0.2, 0) is 9.59 Å². The Bertz CT molecular complexity index is 160. The number of halogens is 1. The number of hydrogen-bond donors (Lipinski definition) is 2. The molecule has 0 saturated carbocycles. The molecule has 0 bridgehead atoms. The van der Waals surface area contributed by atoms with E-state index in [-0.39, 0.29) is 43.1 Å². The van der Waals surface area contributed by atoms with Crippen LogP contribution in [0.4, 0.5) is 0 Å². The highest BCUT2D eigenvalue weighted by Gasteiger charge is 2.28. The summed E-state index contributed by atoms with van der Waals surface area (Å²) in [5, 5.41) is 2.16. The number of amides is 2. The lowest BCUT2D eigenvalue weighted by molar-refractivity contribution is -0.125. The van der Waals surface area contributed by atoms with E-state index in [1.54, 1.807) is 0 Å². The largest absolute Gasteiger partial charge is 0.330 e. The molecular formula is C5H9ClN2O2. The van der Waals surface area contributed by atoms with Crippen LogP contribution in [0.1, 0.15) is 6.42 Å². The second-order valence-corrected chi connectivity index (χ2v) is 2.05. The molecule has 2 amide bonds. The fourth-order valence-electron chi connectivity index (χ4n) is 0.797. The van der Waals surface area contributed by atoms with Gasteiger partial charge in [-0.2, -0.15) is 0 Å². The maximum absolute atomic E-state index is 10.6. The van der Waals surface area contributed by atoms with Crippen LogP contribution in [-0.4, -0.2) is 18.4 Å². The SMILES string of the molecule is Cl.NCC1CC(=O)NC1=O. The summed E-state index contributed by atoms with van der Waals surface area (Å²) < 4.78 is 0. The van der Waals surface area contributed by atoms with Crippen molar-refractivity contribution >= 4 is 24.2 Å². The summed E-state index contributed by atoms with van der Waals surface area (Å²) in [6.07, 6.45) is 0.259. The first kappa shape index (κ1) is 9.39. The van der Waals surface area contributed by atoms with E-state index in [1.807, 2.05) is 0 Å². The van der Waals surface area contributed by atoms with E-state index >= 15 is 0 Å². The lowest BCUT2D eigenvalue weighted by Crippen LogP contribution is -2.25. The molecule has 0 aromatic heterocycles. The average molecular weight is 165 g/mol. The third-order valence-electron chi connectivity index (χ3n) is 1.35. The lowest BCUT2D eigenvalue weighted by atomic mass is 10.1. The molecule has 1 atom stereocenters. The van der Waals surface area contributed by atoms with Crippen LogP contribution < -0.4 is 11.1 Å². The zero-order valence-corrected chi connectivity index (χ0v) is 6.11. The van der Waals surface area contributed by atoms with E-state index in [9.17, 15) is 9.59 Å². The Labute approximate surface area is 64.6 Å². The summed E-state index contributed by atoms with van der Waals surface area (Å²) in [6.45, 7) is 0.261. The van der Waals surface area contributed by atoms with Crippen LogP contribution in [0.3, 0.4) is 0 Å². The molecule has 1 rings (SSSR count). The van der Waals surface area contributed by atoms with E-state index in [4.69, 9.17) is 5.73 Å². The topological polar surface area (TPSA) is 72.2 Å². The van der Waals surface area contributed by atoms with Gasteiger partial charge in [-0.05, 0) is 0 Å². The summed E-state index contributed by atoms with van der Waals surface area (Å²) >= 11 is 0. The third-order valence-corrected chi connectivity index (χ3v) is 1.35. The van der Waals surface area contributed by atoms with Crippen LogP contribution in [0.25, 0.3) is 0 Å². The minimum absolute atomic E-state index is 0. The predicted octanol–water partition coefficient (Wildman–Crippen LogP) is -0.970. The molecule has 1 unspecified atom stereocenters. The molecule has 1 aliphatic heterocycles. The Morgan fingerprint density at radius 1 is 1.60 bits per heavy atom. The van der Waals surface area contributed by atoms with Gasteiger partial charge in [-0.3, -0.25) is 14.9 Å². The molecule has 0 aromatic carbocycles. The molecule has 0 aliphatic carbocycles. The molecule has 1 fully saturated rings. The van der Waals surface area contributed by atoms with Crippen molar-refractivity contribution in [1.29, 1.82) is 0 Å². The number of carbonyl (C=O) groups is 2. The molecule has 5 heteroatoms. The Morgan fingerprint density at radius 3 is 2.40 bits per heavy atom. The second-order valence-electron chi connectivity index (χ2n) is 2.05. The van der Waals surface area contributed by atoms with Gasteiger partial charge in [-0.1, -0.05) is 0 Å². The van der Waals surface area contributed by atoms with Crippen LogP contribution in [0.5, 0.6) is 0 Å². The summed E-state index contributed by atoms with van der Waals surface area (Å²) in [4.78, 5) is 21.0. The van der Waals surface area contributed by atoms with Gasteiger partial charge in [-0.25, -0.2) is 0 Å². The van der Waals surface area contributed by atoms with Gasteiger partial charge in [0, 0.05) is 13.0 Å². The quantitative estimate of drug-likeness (QED) is 0.490. The minimum Gasteiger partial charge on any atom is -0.330 e. The van der Waals surface area contributed by atoms with Crippen LogP contribution in [0.15, 0.2) is 0 Å². The molecule has 4 nitrogen and oxygen atoms in total. The van der Waals surface area contributed by atoms with Gasteiger partial charge in [0.15, 0.2) is 0 Å². The van der Waals surface area contributed by atoms with Gasteiger partial charge >= 0.3 is 0 Å². The number of imide groups is 1. The fourth-order valence-corrected chi connectivity index (χ4v) is 0.797. The molecule has 1 heterocycles. The molecule has 3 N–H and O–H groups in total. The first-order valence-electron chi connectivity index (χ1n) is 2.78. The number of rotatable bonds is 1. The molecule has 1 saturated heterocycles. The van der Waals surface area contributed by atoms with E-state index < -0.39 is 0 Å². The number of hydrogen-bond acceptors (Lipinski definition) is 3. The monoisotopic (exact) mass is 164 g/mol. The predicted molar refractivity (Wildman–Crippen MR) is 37.6 cm³/mol. The molecule has 58 valence electrons. The van der Waals surface area contributed by atoms with E-state index in [0.717, 1.165) is 0 Å². The second kappa shape index (κ2) is 3.53. The van der Waals surface area contributed by atoms with Gasteiger partial charge in [-0.15, -0.1) is 12.4 Å². The first-order chi connectivity index (χ1) is 4.24. The lowest BCUT2D eigenvalue weighted by Gasteiger charge is -1.96. The van der Waals surface area contributed by atoms with Gasteiger partial charge in [0.25, 0.3) is 0 Å². The number of carbonyl (C=O) groups excluding carboxylic acids is 2. The number of nitrogens with two attached hydrogens (primary N) is 1. The van der Waals surface area contributed by atoms with Crippen molar-refractivity contribution in [3.63, 3.8) is 0 Å². The van der Waals surface area contributed by atoms with Crippen molar-refractivity contribution in [2.75, 3.05) is 6.54 Å². The Morgan fingerprint density at radius 2 is 2.20 bits per heavy atom. The van der Waals surface area contributed by atoms with Crippen molar-refractivity contribution in [2.45, 2.75) is 6.42 Å². The summed E-state index contributed by atoms with van der Waals surface area (Å²) in [6, 6.07) is 0. The van der Waals surface area contributed by atoms with Gasteiger partial charge < -0.3 is 5.73 Å². The highest BCUT2D eigenvalue weighted by atomic mass is 35.5. The zero-order chi connectivity index (χ0) is 6.85. The molecular weight excluding hydrogens is 156 g/mol. The van der Waals surface area contributed by atoms with Crippen molar-refractivity contribution in [3.05, 3.63) is 0 Å². The smallest absolute Gasteiger partial charge is 0.231 e. The average Bonchev–Trinajstić information content (AvgIpc) is 2.10. The highest BCUT2D eigenvalue weighted by Crippen LogP contribution is 2.07. The minimum atomic E-state index is -0.280. The van der Waals surface area contributed by atoms with Crippen LogP contribution >= 0.6 is 12.4 Å². The molecule has 0 radical (unpaired) electrons. The third kappa shape index (κ3) is 1.68. The summed E-state index contributed by atoms with van der Waals surface area (Å²) in [5.41, 5.74) is 5.17. The van der Waals surface area contributed by atoms with Crippen LogP contribution in [0.2, 0.25) is 0 Å². The zero-order valence-electron chi connectivity index (χ0n) is 5.29. The van der Waals surface area contributed by atoms with Crippen molar-refractivity contribution in [2.24, 2.45) is 11.7 Å². The summed E-state index contributed by atoms with van der Waals surface area (Å²) in [7, 11) is 0. The Balaban J connectivity index is 0.000000810. The summed E-state index contributed by atoms with van der Waals surface area (Å²) in [5.74, 6) is -0.726.